The summed E-state index contributed by atoms with van der Waals surface area (Å²) < 4.78 is 0. The van der Waals surface area contributed by atoms with E-state index < -0.39 is 0 Å². The van der Waals surface area contributed by atoms with Gasteiger partial charge in [0.05, 0.1) is 11.1 Å². The molecule has 1 aliphatic heterocycles. The summed E-state index contributed by atoms with van der Waals surface area (Å²) in [6, 6.07) is 14.6. The average Bonchev–Trinajstić information content (AvgIpc) is 2.93. The van der Waals surface area contributed by atoms with E-state index in [2.05, 4.69) is 19.2 Å². The molecule has 1 heterocycles. The van der Waals surface area contributed by atoms with Gasteiger partial charge in [-0.1, -0.05) is 44.2 Å². The normalized spacial score (nSPS) is 14.2. The minimum atomic E-state index is -0.280. The highest BCUT2D eigenvalue weighted by atomic mass is 16.2. The molecule has 5 nitrogen and oxygen atoms in total. The van der Waals surface area contributed by atoms with Crippen molar-refractivity contribution in [3.05, 3.63) is 65.2 Å². The summed E-state index contributed by atoms with van der Waals surface area (Å²) in [5.74, 6) is -0.307. The highest BCUT2D eigenvalue weighted by Gasteiger charge is 2.34. The molecule has 0 saturated carbocycles. The Morgan fingerprint density at radius 2 is 1.59 bits per heavy atom. The maximum Gasteiger partial charge on any atom is 0.261 e. The van der Waals surface area contributed by atoms with E-state index in [1.165, 1.54) is 4.90 Å². The Labute approximate surface area is 159 Å². The number of para-hydroxylation sites is 1. The van der Waals surface area contributed by atoms with E-state index in [4.69, 9.17) is 0 Å². The second-order valence-corrected chi connectivity index (χ2v) is 6.86. The highest BCUT2D eigenvalue weighted by molar-refractivity contribution is 6.21. The molecule has 27 heavy (non-hydrogen) atoms. The molecule has 0 aromatic heterocycles. The predicted molar refractivity (Wildman–Crippen MR) is 105 cm³/mol. The summed E-state index contributed by atoms with van der Waals surface area (Å²) in [5.41, 5.74) is 2.83. The van der Waals surface area contributed by atoms with E-state index in [0.717, 1.165) is 17.7 Å². The molecule has 0 bridgehead atoms. The first-order valence-electron chi connectivity index (χ1n) is 9.37. The fraction of sp³-hybridized carbons (Fsp3) is 0.318. The zero-order chi connectivity index (χ0) is 19.4. The van der Waals surface area contributed by atoms with Crippen LogP contribution >= 0.6 is 0 Å². The Kier molecular flexibility index (Phi) is 5.69. The van der Waals surface area contributed by atoms with Gasteiger partial charge in [0, 0.05) is 18.7 Å². The fourth-order valence-corrected chi connectivity index (χ4v) is 3.31. The zero-order valence-corrected chi connectivity index (χ0v) is 15.7. The third-order valence-corrected chi connectivity index (χ3v) is 5.04. The second-order valence-electron chi connectivity index (χ2n) is 6.86. The molecule has 3 amide bonds. The van der Waals surface area contributed by atoms with Crippen molar-refractivity contribution >= 4 is 23.4 Å². The number of hydrogen-bond donors (Lipinski definition) is 1. The lowest BCUT2D eigenvalue weighted by Gasteiger charge is -2.16. The van der Waals surface area contributed by atoms with Crippen molar-refractivity contribution in [2.24, 2.45) is 0 Å². The Bertz CT molecular complexity index is 840. The Morgan fingerprint density at radius 3 is 2.22 bits per heavy atom. The van der Waals surface area contributed by atoms with Gasteiger partial charge in [-0.15, -0.1) is 0 Å². The molecule has 2 aromatic rings. The van der Waals surface area contributed by atoms with Crippen molar-refractivity contribution in [1.29, 1.82) is 0 Å². The third kappa shape index (κ3) is 3.92. The summed E-state index contributed by atoms with van der Waals surface area (Å²) >= 11 is 0. The number of carbonyl (C=O) groups is 3. The van der Waals surface area contributed by atoms with Gasteiger partial charge in [0.1, 0.15) is 0 Å². The third-order valence-electron chi connectivity index (χ3n) is 5.04. The minimum Gasteiger partial charge on any atom is -0.326 e. The first-order chi connectivity index (χ1) is 13.0. The number of hydrogen-bond acceptors (Lipinski definition) is 3. The standard InChI is InChI=1S/C22H24N2O3/c1-3-15(2)16-9-6-7-12-19(16)23-20(25)13-8-14-24-21(26)17-10-4-5-11-18(17)22(24)27/h4-7,9-12,15H,3,8,13-14H2,1-2H3,(H,23,25). The van der Waals surface area contributed by atoms with Crippen molar-refractivity contribution < 1.29 is 14.4 Å². The van der Waals surface area contributed by atoms with Crippen LogP contribution < -0.4 is 5.32 Å². The molecular weight excluding hydrogens is 340 g/mol. The van der Waals surface area contributed by atoms with Gasteiger partial charge in [0.15, 0.2) is 0 Å². The lowest BCUT2D eigenvalue weighted by atomic mass is 9.97. The first-order valence-corrected chi connectivity index (χ1v) is 9.37. The van der Waals surface area contributed by atoms with Gasteiger partial charge < -0.3 is 5.32 Å². The zero-order valence-electron chi connectivity index (χ0n) is 15.7. The quantitative estimate of drug-likeness (QED) is 0.748. The minimum absolute atomic E-state index is 0.109. The molecule has 0 radical (unpaired) electrons. The van der Waals surface area contributed by atoms with Crippen LogP contribution in [0.2, 0.25) is 0 Å². The number of amides is 3. The van der Waals surface area contributed by atoms with Gasteiger partial charge in [-0.25, -0.2) is 0 Å². The summed E-state index contributed by atoms with van der Waals surface area (Å²) in [5, 5.41) is 2.96. The molecule has 0 aliphatic carbocycles. The number of carbonyl (C=O) groups excluding carboxylic acids is 3. The van der Waals surface area contributed by atoms with Crippen LogP contribution in [0.5, 0.6) is 0 Å². The number of rotatable bonds is 7. The van der Waals surface area contributed by atoms with Crippen LogP contribution in [0.3, 0.4) is 0 Å². The van der Waals surface area contributed by atoms with Crippen LogP contribution in [-0.2, 0) is 4.79 Å². The molecule has 1 unspecified atom stereocenters. The van der Waals surface area contributed by atoms with Crippen LogP contribution in [0.1, 0.15) is 65.3 Å². The van der Waals surface area contributed by atoms with Crippen LogP contribution in [0.4, 0.5) is 5.69 Å². The number of anilines is 1. The molecule has 2 aromatic carbocycles. The number of benzene rings is 2. The molecule has 1 N–H and O–H groups in total. The molecule has 1 atom stereocenters. The van der Waals surface area contributed by atoms with Gasteiger partial charge in [0.2, 0.25) is 5.91 Å². The first kappa shape index (κ1) is 18.8. The maximum atomic E-state index is 12.3. The van der Waals surface area contributed by atoms with Crippen LogP contribution in [-0.4, -0.2) is 29.2 Å². The van der Waals surface area contributed by atoms with Crippen molar-refractivity contribution in [2.75, 3.05) is 11.9 Å². The van der Waals surface area contributed by atoms with Crippen molar-refractivity contribution in [3.63, 3.8) is 0 Å². The van der Waals surface area contributed by atoms with E-state index in [0.29, 0.717) is 23.5 Å². The lowest BCUT2D eigenvalue weighted by molar-refractivity contribution is -0.116. The van der Waals surface area contributed by atoms with Gasteiger partial charge in [-0.05, 0) is 42.5 Å². The summed E-state index contributed by atoms with van der Waals surface area (Å²) in [6.07, 6.45) is 1.68. The lowest BCUT2D eigenvalue weighted by Crippen LogP contribution is -2.31. The fourth-order valence-electron chi connectivity index (χ4n) is 3.31. The molecule has 3 rings (SSSR count). The van der Waals surface area contributed by atoms with Gasteiger partial charge >= 0.3 is 0 Å². The van der Waals surface area contributed by atoms with E-state index in [-0.39, 0.29) is 30.7 Å². The van der Waals surface area contributed by atoms with Crippen LogP contribution in [0, 0.1) is 0 Å². The number of nitrogens with one attached hydrogen (secondary N) is 1. The summed E-state index contributed by atoms with van der Waals surface area (Å²) in [4.78, 5) is 38.2. The molecular formula is C22H24N2O3. The average molecular weight is 364 g/mol. The summed E-state index contributed by atoms with van der Waals surface area (Å²) in [6.45, 7) is 4.49. The molecule has 0 saturated heterocycles. The number of nitrogens with zero attached hydrogens (tertiary/aromatic N) is 1. The summed E-state index contributed by atoms with van der Waals surface area (Å²) in [7, 11) is 0. The smallest absolute Gasteiger partial charge is 0.261 e. The molecule has 0 fully saturated rings. The van der Waals surface area contributed by atoms with E-state index >= 15 is 0 Å². The van der Waals surface area contributed by atoms with Gasteiger partial charge in [-0.3, -0.25) is 19.3 Å². The van der Waals surface area contributed by atoms with Crippen LogP contribution in [0.25, 0.3) is 0 Å². The number of imide groups is 1. The SMILES string of the molecule is CCC(C)c1ccccc1NC(=O)CCCN1C(=O)c2ccccc2C1=O. The Hall–Kier alpha value is -2.95. The Morgan fingerprint density at radius 1 is 1.00 bits per heavy atom. The highest BCUT2D eigenvalue weighted by Crippen LogP contribution is 2.27. The van der Waals surface area contributed by atoms with Crippen LogP contribution in [0.15, 0.2) is 48.5 Å². The van der Waals surface area contributed by atoms with E-state index in [9.17, 15) is 14.4 Å². The largest absolute Gasteiger partial charge is 0.326 e. The van der Waals surface area contributed by atoms with Gasteiger partial charge in [-0.2, -0.15) is 0 Å². The Balaban J connectivity index is 1.56. The predicted octanol–water partition coefficient (Wildman–Crippen LogP) is 4.22. The van der Waals surface area contributed by atoms with E-state index in [1.807, 2.05) is 24.3 Å². The monoisotopic (exact) mass is 364 g/mol. The maximum absolute atomic E-state index is 12.3. The molecule has 140 valence electrons. The second kappa shape index (κ2) is 8.16. The molecule has 5 heteroatoms. The molecule has 1 aliphatic rings. The van der Waals surface area contributed by atoms with Gasteiger partial charge in [0.25, 0.3) is 11.8 Å². The topological polar surface area (TPSA) is 66.5 Å². The van der Waals surface area contributed by atoms with E-state index in [1.54, 1.807) is 24.3 Å². The molecule has 0 spiro atoms. The van der Waals surface area contributed by atoms with Crippen molar-refractivity contribution in [2.45, 2.75) is 39.0 Å². The van der Waals surface area contributed by atoms with Crippen molar-refractivity contribution in [3.8, 4) is 0 Å². The van der Waals surface area contributed by atoms with Crippen molar-refractivity contribution in [1.82, 2.24) is 4.90 Å². The number of fused-ring (bicyclic) bond motifs is 1.